The molecule has 2 radical (unpaired) electrons. The van der Waals surface area contributed by atoms with E-state index in [1.54, 1.807) is 12.3 Å². The average molecular weight is 183 g/mol. The van der Waals surface area contributed by atoms with Crippen LogP contribution in [0.1, 0.15) is 23.0 Å². The first-order valence-electron chi connectivity index (χ1n) is 4.36. The van der Waals surface area contributed by atoms with Crippen molar-refractivity contribution < 1.29 is 6.22 Å². The van der Waals surface area contributed by atoms with Crippen LogP contribution in [0.25, 0.3) is 12.2 Å². The molecule has 0 saturated heterocycles. The summed E-state index contributed by atoms with van der Waals surface area (Å²) >= 11 is 0. The predicted octanol–water partition coefficient (Wildman–Crippen LogP) is 2.23. The highest BCUT2D eigenvalue weighted by Crippen LogP contribution is 2.20. The van der Waals surface area contributed by atoms with Gasteiger partial charge in [0.05, 0.1) is 13.5 Å². The summed E-state index contributed by atoms with van der Waals surface area (Å²) in [6.07, 6.45) is 9.06. The summed E-state index contributed by atoms with van der Waals surface area (Å²) in [5, 5.41) is 0. The summed E-state index contributed by atoms with van der Waals surface area (Å²) in [5.41, 5.74) is 5.39. The number of aromatic nitrogens is 1. The molecule has 1 N–H and O–H groups in total. The van der Waals surface area contributed by atoms with Crippen LogP contribution in [0.4, 0.5) is 0 Å². The maximum Gasteiger partial charge on any atom is 0.156 e. The maximum absolute atomic E-state index is 11.4. The third-order valence-electron chi connectivity index (χ3n) is 2.12. The van der Waals surface area contributed by atoms with E-state index < -0.39 is 0 Å². The normalized spacial score (nSPS) is 12.6. The van der Waals surface area contributed by atoms with Gasteiger partial charge >= 0.3 is 0 Å². The van der Waals surface area contributed by atoms with Crippen LogP contribution in [-0.2, 0) is 0 Å². The number of hydrogen-bond acceptors (Lipinski definition) is 1. The number of nitrogens with one attached hydrogen (secondary N) is 1. The van der Waals surface area contributed by atoms with Crippen LogP contribution >= 0.6 is 0 Å². The number of rotatable bonds is 2. The maximum atomic E-state index is 11.4. The van der Waals surface area contributed by atoms with E-state index in [4.69, 9.17) is 7.85 Å². The molecule has 14 heavy (non-hydrogen) atoms. The van der Waals surface area contributed by atoms with Crippen molar-refractivity contribution in [3.63, 3.8) is 0 Å². The second-order valence-electron chi connectivity index (χ2n) is 2.99. The minimum atomic E-state index is -0.0533. The SMILES string of the molecule is [B]CC(=O)c1c[nH]c2c1C=CC=C=C2.[HH]. The molecule has 1 aliphatic carbocycles. The number of carbonyl (C=O) groups excluding carboxylic acids is 1. The molecule has 0 amide bonds. The summed E-state index contributed by atoms with van der Waals surface area (Å²) in [6.45, 7) is 0. The second kappa shape index (κ2) is 3.56. The molecule has 1 aliphatic rings. The van der Waals surface area contributed by atoms with Gasteiger partial charge in [0.2, 0.25) is 0 Å². The van der Waals surface area contributed by atoms with Crippen LogP contribution in [0.3, 0.4) is 0 Å². The fourth-order valence-corrected chi connectivity index (χ4v) is 1.42. The number of carbonyl (C=O) groups is 1. The minimum absolute atomic E-state index is 0. The van der Waals surface area contributed by atoms with Crippen molar-refractivity contribution in [2.75, 3.05) is 0 Å². The van der Waals surface area contributed by atoms with E-state index in [-0.39, 0.29) is 13.5 Å². The predicted molar refractivity (Wildman–Crippen MR) is 59.4 cm³/mol. The zero-order valence-electron chi connectivity index (χ0n) is 7.58. The van der Waals surface area contributed by atoms with E-state index in [2.05, 4.69) is 10.7 Å². The van der Waals surface area contributed by atoms with Crippen molar-refractivity contribution in [2.45, 2.75) is 6.32 Å². The van der Waals surface area contributed by atoms with Crippen molar-refractivity contribution in [2.24, 2.45) is 0 Å². The molecule has 2 rings (SSSR count). The molecule has 0 saturated carbocycles. The van der Waals surface area contributed by atoms with Crippen molar-refractivity contribution in [3.8, 4) is 0 Å². The van der Waals surface area contributed by atoms with Crippen molar-refractivity contribution >= 4 is 25.8 Å². The molecule has 3 heteroatoms. The number of H-pyrrole nitrogens is 1. The van der Waals surface area contributed by atoms with Crippen molar-refractivity contribution in [1.29, 1.82) is 0 Å². The zero-order chi connectivity index (χ0) is 9.97. The van der Waals surface area contributed by atoms with E-state index in [1.807, 2.05) is 18.2 Å². The van der Waals surface area contributed by atoms with Gasteiger partial charge in [-0.25, -0.2) is 0 Å². The topological polar surface area (TPSA) is 32.9 Å². The number of aromatic amines is 1. The Bertz CT molecular complexity index is 467. The number of allylic oxidation sites excluding steroid dienone is 2. The highest BCUT2D eigenvalue weighted by molar-refractivity contribution is 6.24. The molecular formula is C11H10BNO. The summed E-state index contributed by atoms with van der Waals surface area (Å²) < 4.78 is 0. The first-order valence-corrected chi connectivity index (χ1v) is 4.36. The number of Topliss-reactive ketones (excluding diaryl/α,β-unsaturated/α-hetero) is 1. The zero-order valence-corrected chi connectivity index (χ0v) is 7.58. The molecule has 68 valence electrons. The Morgan fingerprint density at radius 2 is 2.50 bits per heavy atom. The first kappa shape index (κ1) is 8.85. The summed E-state index contributed by atoms with van der Waals surface area (Å²) in [4.78, 5) is 14.5. The van der Waals surface area contributed by atoms with Crippen molar-refractivity contribution in [3.05, 3.63) is 40.9 Å². The Morgan fingerprint density at radius 1 is 1.64 bits per heavy atom. The van der Waals surface area contributed by atoms with Gasteiger partial charge in [-0.05, 0) is 12.4 Å². The second-order valence-corrected chi connectivity index (χ2v) is 2.99. The number of hydrogen-bond donors (Lipinski definition) is 1. The number of fused-ring (bicyclic) bond motifs is 1. The van der Waals surface area contributed by atoms with E-state index >= 15 is 0 Å². The first-order chi connectivity index (χ1) is 6.83. The molecule has 0 aromatic carbocycles. The van der Waals surface area contributed by atoms with Gasteiger partial charge in [-0.15, -0.1) is 5.73 Å². The van der Waals surface area contributed by atoms with E-state index in [0.29, 0.717) is 5.56 Å². The van der Waals surface area contributed by atoms with Gasteiger partial charge in [0, 0.05) is 24.8 Å². The van der Waals surface area contributed by atoms with Crippen LogP contribution < -0.4 is 0 Å². The lowest BCUT2D eigenvalue weighted by Crippen LogP contribution is -1.97. The molecule has 0 unspecified atom stereocenters. The quantitative estimate of drug-likeness (QED) is 0.425. The Labute approximate surface area is 84.9 Å². The highest BCUT2D eigenvalue weighted by atomic mass is 16.1. The monoisotopic (exact) mass is 183 g/mol. The lowest BCUT2D eigenvalue weighted by atomic mass is 9.94. The molecule has 0 bridgehead atoms. The smallest absolute Gasteiger partial charge is 0.156 e. The van der Waals surface area contributed by atoms with E-state index in [1.165, 1.54) is 0 Å². The van der Waals surface area contributed by atoms with Crippen LogP contribution in [0.15, 0.2) is 24.1 Å². The molecular weight excluding hydrogens is 173 g/mol. The molecule has 2 nitrogen and oxygen atoms in total. The van der Waals surface area contributed by atoms with Gasteiger partial charge < -0.3 is 4.98 Å². The van der Waals surface area contributed by atoms with Gasteiger partial charge in [-0.3, -0.25) is 4.79 Å². The van der Waals surface area contributed by atoms with Gasteiger partial charge in [0.25, 0.3) is 0 Å². The van der Waals surface area contributed by atoms with Gasteiger partial charge in [0.15, 0.2) is 5.78 Å². The Morgan fingerprint density at radius 3 is 3.29 bits per heavy atom. The lowest BCUT2D eigenvalue weighted by Gasteiger charge is -1.96. The molecule has 0 atom stereocenters. The van der Waals surface area contributed by atoms with Gasteiger partial charge in [-0.1, -0.05) is 12.2 Å². The Kier molecular flexibility index (Phi) is 2.25. The van der Waals surface area contributed by atoms with Gasteiger partial charge in [0.1, 0.15) is 0 Å². The number of ketones is 1. The summed E-state index contributed by atoms with van der Waals surface area (Å²) in [7, 11) is 5.31. The van der Waals surface area contributed by atoms with Crippen LogP contribution in [0.5, 0.6) is 0 Å². The van der Waals surface area contributed by atoms with Crippen LogP contribution in [0.2, 0.25) is 6.32 Å². The van der Waals surface area contributed by atoms with Crippen LogP contribution in [0, 0.1) is 0 Å². The molecule has 1 aromatic rings. The third-order valence-corrected chi connectivity index (χ3v) is 2.12. The van der Waals surface area contributed by atoms with E-state index in [9.17, 15) is 4.79 Å². The minimum Gasteiger partial charge on any atom is -0.360 e. The molecule has 0 fully saturated rings. The van der Waals surface area contributed by atoms with Crippen LogP contribution in [-0.4, -0.2) is 18.6 Å². The Hall–Kier alpha value is -1.73. The fraction of sp³-hybridized carbons (Fsp3) is 0.0909. The molecule has 0 aliphatic heterocycles. The molecule has 1 heterocycles. The standard InChI is InChI=1S/C11H8BNO.H2/c12-6-11(14)9-7-13-10-5-3-1-2-4-8(9)10;/h1-2,4-5,7,13H,6H2;1H. The Balaban J connectivity index is 0.00000112. The third kappa shape index (κ3) is 1.38. The average Bonchev–Trinajstić information content (AvgIpc) is 2.46. The fourth-order valence-electron chi connectivity index (χ4n) is 1.42. The summed E-state index contributed by atoms with van der Waals surface area (Å²) in [6, 6.07) is 0. The van der Waals surface area contributed by atoms with Gasteiger partial charge in [-0.2, -0.15) is 0 Å². The van der Waals surface area contributed by atoms with Crippen molar-refractivity contribution in [1.82, 2.24) is 4.98 Å². The largest absolute Gasteiger partial charge is 0.360 e. The molecule has 0 spiro atoms. The highest BCUT2D eigenvalue weighted by Gasteiger charge is 2.12. The lowest BCUT2D eigenvalue weighted by molar-refractivity contribution is 0.101. The molecule has 1 aromatic heterocycles. The van der Waals surface area contributed by atoms with E-state index in [0.717, 1.165) is 11.3 Å². The summed E-state index contributed by atoms with van der Waals surface area (Å²) in [5.74, 6) is -0.0533.